The first-order valence-corrected chi connectivity index (χ1v) is 6.25. The number of rotatable bonds is 3. The van der Waals surface area contributed by atoms with Gasteiger partial charge in [0.05, 0.1) is 5.56 Å². The van der Waals surface area contributed by atoms with Gasteiger partial charge in [-0.05, 0) is 24.1 Å². The molecule has 0 aromatic heterocycles. The molecule has 2 nitrogen and oxygen atoms in total. The topological polar surface area (TPSA) is 15.3 Å². The molecular weight excluding hydrogens is 260 g/mol. The third-order valence-corrected chi connectivity index (χ3v) is 3.26. The molecular formula is C13H16F4N2. The normalized spacial score (nSPS) is 17.7. The lowest BCUT2D eigenvalue weighted by Crippen LogP contribution is -2.44. The first-order chi connectivity index (χ1) is 8.97. The third kappa shape index (κ3) is 3.91. The van der Waals surface area contributed by atoms with Crippen molar-refractivity contribution in [1.82, 2.24) is 10.2 Å². The van der Waals surface area contributed by atoms with Crippen LogP contribution in [0.5, 0.6) is 0 Å². The van der Waals surface area contributed by atoms with Gasteiger partial charge in [0, 0.05) is 32.7 Å². The monoisotopic (exact) mass is 276 g/mol. The standard InChI is InChI=1S/C13H16F4N2/c14-12-2-1-10(9-11(12)13(15,16)17)3-6-19-7-4-18-5-8-19/h1-2,9,18H,3-8H2. The van der Waals surface area contributed by atoms with Gasteiger partial charge in [-0.1, -0.05) is 6.07 Å². The summed E-state index contributed by atoms with van der Waals surface area (Å²) in [6.45, 7) is 4.29. The molecule has 0 atom stereocenters. The summed E-state index contributed by atoms with van der Waals surface area (Å²) < 4.78 is 50.8. The van der Waals surface area contributed by atoms with E-state index in [0.717, 1.165) is 38.3 Å². The molecule has 1 aliphatic heterocycles. The van der Waals surface area contributed by atoms with Crippen molar-refractivity contribution in [3.63, 3.8) is 0 Å². The fourth-order valence-electron chi connectivity index (χ4n) is 2.17. The molecule has 0 unspecified atom stereocenters. The molecule has 19 heavy (non-hydrogen) atoms. The summed E-state index contributed by atoms with van der Waals surface area (Å²) in [6, 6.07) is 3.24. The molecule has 1 aliphatic rings. The van der Waals surface area contributed by atoms with Crippen LogP contribution in [0, 0.1) is 5.82 Å². The van der Waals surface area contributed by atoms with E-state index < -0.39 is 17.6 Å². The van der Waals surface area contributed by atoms with Gasteiger partial charge in [0.2, 0.25) is 0 Å². The second kappa shape index (κ2) is 5.88. The highest BCUT2D eigenvalue weighted by Gasteiger charge is 2.34. The van der Waals surface area contributed by atoms with Crippen molar-refractivity contribution < 1.29 is 17.6 Å². The lowest BCUT2D eigenvalue weighted by atomic mass is 10.1. The van der Waals surface area contributed by atoms with Gasteiger partial charge in [-0.25, -0.2) is 4.39 Å². The minimum absolute atomic E-state index is 0.503. The van der Waals surface area contributed by atoms with Crippen LogP contribution >= 0.6 is 0 Å². The molecule has 0 saturated carbocycles. The van der Waals surface area contributed by atoms with Crippen molar-refractivity contribution in [2.45, 2.75) is 12.6 Å². The Hall–Kier alpha value is -1.14. The maximum atomic E-state index is 13.1. The number of piperazine rings is 1. The number of hydrogen-bond acceptors (Lipinski definition) is 2. The Labute approximate surface area is 109 Å². The molecule has 2 rings (SSSR count). The molecule has 1 N–H and O–H groups in total. The number of nitrogens with one attached hydrogen (secondary N) is 1. The van der Waals surface area contributed by atoms with E-state index in [1.807, 2.05) is 0 Å². The molecule has 1 heterocycles. The van der Waals surface area contributed by atoms with Crippen molar-refractivity contribution in [2.75, 3.05) is 32.7 Å². The first-order valence-electron chi connectivity index (χ1n) is 6.25. The summed E-state index contributed by atoms with van der Waals surface area (Å²) in [7, 11) is 0. The van der Waals surface area contributed by atoms with E-state index in [-0.39, 0.29) is 0 Å². The second-order valence-corrected chi connectivity index (χ2v) is 4.65. The lowest BCUT2D eigenvalue weighted by Gasteiger charge is -2.27. The predicted octanol–water partition coefficient (Wildman–Crippen LogP) is 2.29. The van der Waals surface area contributed by atoms with Crippen molar-refractivity contribution in [2.24, 2.45) is 0 Å². The minimum atomic E-state index is -4.63. The van der Waals surface area contributed by atoms with E-state index in [1.165, 1.54) is 6.07 Å². The van der Waals surface area contributed by atoms with Gasteiger partial charge in [0.15, 0.2) is 0 Å². The van der Waals surface area contributed by atoms with Gasteiger partial charge in [-0.15, -0.1) is 0 Å². The summed E-state index contributed by atoms with van der Waals surface area (Å²) in [4.78, 5) is 2.19. The van der Waals surface area contributed by atoms with Crippen LogP contribution < -0.4 is 5.32 Å². The predicted molar refractivity (Wildman–Crippen MR) is 64.4 cm³/mol. The number of hydrogen-bond donors (Lipinski definition) is 1. The van der Waals surface area contributed by atoms with E-state index in [0.29, 0.717) is 18.5 Å². The van der Waals surface area contributed by atoms with E-state index in [2.05, 4.69) is 10.2 Å². The smallest absolute Gasteiger partial charge is 0.314 e. The molecule has 1 saturated heterocycles. The van der Waals surface area contributed by atoms with Crippen LogP contribution in [-0.2, 0) is 12.6 Å². The number of halogens is 4. The van der Waals surface area contributed by atoms with Crippen molar-refractivity contribution in [3.8, 4) is 0 Å². The van der Waals surface area contributed by atoms with Crippen LogP contribution in [0.2, 0.25) is 0 Å². The highest BCUT2D eigenvalue weighted by molar-refractivity contribution is 5.27. The number of nitrogens with zero attached hydrogens (tertiary/aromatic N) is 1. The average Bonchev–Trinajstić information content (AvgIpc) is 2.37. The van der Waals surface area contributed by atoms with Crippen molar-refractivity contribution in [3.05, 3.63) is 35.1 Å². The van der Waals surface area contributed by atoms with Gasteiger partial charge in [-0.2, -0.15) is 13.2 Å². The van der Waals surface area contributed by atoms with Gasteiger partial charge < -0.3 is 10.2 Å². The van der Waals surface area contributed by atoms with Gasteiger partial charge >= 0.3 is 6.18 Å². The molecule has 0 bridgehead atoms. The molecule has 106 valence electrons. The molecule has 6 heteroatoms. The van der Waals surface area contributed by atoms with Gasteiger partial charge in [0.1, 0.15) is 5.82 Å². The average molecular weight is 276 g/mol. The van der Waals surface area contributed by atoms with Crippen LogP contribution in [0.15, 0.2) is 18.2 Å². The van der Waals surface area contributed by atoms with Crippen LogP contribution in [-0.4, -0.2) is 37.6 Å². The third-order valence-electron chi connectivity index (χ3n) is 3.26. The molecule has 0 spiro atoms. The van der Waals surface area contributed by atoms with Crippen molar-refractivity contribution in [1.29, 1.82) is 0 Å². The fraction of sp³-hybridized carbons (Fsp3) is 0.538. The lowest BCUT2D eigenvalue weighted by molar-refractivity contribution is -0.140. The summed E-state index contributed by atoms with van der Waals surface area (Å²) >= 11 is 0. The highest BCUT2D eigenvalue weighted by atomic mass is 19.4. The van der Waals surface area contributed by atoms with Crippen LogP contribution in [0.3, 0.4) is 0 Å². The Kier molecular flexibility index (Phi) is 4.42. The molecule has 0 radical (unpaired) electrons. The Morgan fingerprint density at radius 3 is 2.47 bits per heavy atom. The second-order valence-electron chi connectivity index (χ2n) is 4.65. The van der Waals surface area contributed by atoms with E-state index >= 15 is 0 Å². The Balaban J connectivity index is 2.00. The maximum Gasteiger partial charge on any atom is 0.419 e. The van der Waals surface area contributed by atoms with E-state index in [9.17, 15) is 17.6 Å². The summed E-state index contributed by atoms with van der Waals surface area (Å²) in [5.74, 6) is -1.21. The summed E-state index contributed by atoms with van der Waals surface area (Å²) in [5, 5.41) is 3.21. The highest BCUT2D eigenvalue weighted by Crippen LogP contribution is 2.31. The Morgan fingerprint density at radius 1 is 1.16 bits per heavy atom. The summed E-state index contributed by atoms with van der Waals surface area (Å²) in [6.07, 6.45) is -4.13. The Bertz CT molecular complexity index is 425. The molecule has 1 aromatic rings. The zero-order valence-corrected chi connectivity index (χ0v) is 10.4. The van der Waals surface area contributed by atoms with Gasteiger partial charge in [0.25, 0.3) is 0 Å². The molecule has 1 fully saturated rings. The maximum absolute atomic E-state index is 13.1. The van der Waals surface area contributed by atoms with Crippen LogP contribution in [0.4, 0.5) is 17.6 Å². The fourth-order valence-corrected chi connectivity index (χ4v) is 2.17. The number of benzene rings is 1. The van der Waals surface area contributed by atoms with Crippen LogP contribution in [0.25, 0.3) is 0 Å². The number of alkyl halides is 3. The summed E-state index contributed by atoms with van der Waals surface area (Å²) in [5.41, 5.74) is -0.655. The van der Waals surface area contributed by atoms with E-state index in [1.54, 1.807) is 0 Å². The molecule has 0 amide bonds. The first kappa shape index (κ1) is 14.3. The largest absolute Gasteiger partial charge is 0.419 e. The van der Waals surface area contributed by atoms with E-state index in [4.69, 9.17) is 0 Å². The molecule has 1 aromatic carbocycles. The zero-order valence-electron chi connectivity index (χ0n) is 10.4. The SMILES string of the molecule is Fc1ccc(CCN2CCNCC2)cc1C(F)(F)F. The zero-order chi connectivity index (χ0) is 13.9. The quantitative estimate of drug-likeness (QED) is 0.852. The van der Waals surface area contributed by atoms with Gasteiger partial charge in [-0.3, -0.25) is 0 Å². The van der Waals surface area contributed by atoms with Crippen LogP contribution in [0.1, 0.15) is 11.1 Å². The molecule has 0 aliphatic carbocycles. The van der Waals surface area contributed by atoms with Crippen molar-refractivity contribution >= 4 is 0 Å². The minimum Gasteiger partial charge on any atom is -0.314 e. The Morgan fingerprint density at radius 2 is 1.84 bits per heavy atom.